The predicted octanol–water partition coefficient (Wildman–Crippen LogP) is 1.75. The molecule has 0 aromatic heterocycles. The van der Waals surface area contributed by atoms with Crippen molar-refractivity contribution in [3.05, 3.63) is 33.8 Å². The minimum atomic E-state index is -1.15. The van der Waals surface area contributed by atoms with Gasteiger partial charge in [-0.1, -0.05) is 29.3 Å². The Bertz CT molecular complexity index is 429. The Labute approximate surface area is 121 Å². The summed E-state index contributed by atoms with van der Waals surface area (Å²) in [6.45, 7) is 0.945. The molecule has 0 aliphatic carbocycles. The maximum absolute atomic E-state index is 10.2. The van der Waals surface area contributed by atoms with Crippen LogP contribution < -0.4 is 10.6 Å². The lowest BCUT2D eigenvalue weighted by molar-refractivity contribution is 0.155. The molecule has 1 unspecified atom stereocenters. The molecule has 0 aliphatic rings. The van der Waals surface area contributed by atoms with Crippen LogP contribution in [-0.4, -0.2) is 42.0 Å². The van der Waals surface area contributed by atoms with Crippen molar-refractivity contribution in [2.75, 3.05) is 19.6 Å². The van der Waals surface area contributed by atoms with Gasteiger partial charge in [0.05, 0.1) is 6.10 Å². The van der Waals surface area contributed by atoms with Gasteiger partial charge < -0.3 is 20.8 Å². The Balaban J connectivity index is 2.21. The fourth-order valence-electron chi connectivity index (χ4n) is 1.49. The summed E-state index contributed by atoms with van der Waals surface area (Å²) in [6.07, 6.45) is -1.20. The molecule has 0 spiro atoms. The number of amides is 1. The van der Waals surface area contributed by atoms with Gasteiger partial charge in [-0.15, -0.1) is 0 Å². The van der Waals surface area contributed by atoms with Crippen molar-refractivity contribution in [3.8, 4) is 0 Å². The fraction of sp³-hybridized carbons (Fsp3) is 0.417. The normalized spacial score (nSPS) is 12.2. The van der Waals surface area contributed by atoms with Gasteiger partial charge in [0, 0.05) is 23.1 Å². The molecule has 0 heterocycles. The quantitative estimate of drug-likeness (QED) is 0.579. The number of hydrogen-bond donors (Lipinski definition) is 4. The van der Waals surface area contributed by atoms with Crippen molar-refractivity contribution in [1.29, 1.82) is 0 Å². The third-order valence-electron chi connectivity index (χ3n) is 2.46. The zero-order chi connectivity index (χ0) is 14.3. The molecular weight excluding hydrogens is 291 g/mol. The summed E-state index contributed by atoms with van der Waals surface area (Å²) in [5.74, 6) is 0. The summed E-state index contributed by atoms with van der Waals surface area (Å²) >= 11 is 11.8. The smallest absolute Gasteiger partial charge is 0.404 e. The molecule has 0 saturated heterocycles. The molecule has 19 heavy (non-hydrogen) atoms. The molecular formula is C12H16Cl2N2O3. The van der Waals surface area contributed by atoms with Gasteiger partial charge in [0.15, 0.2) is 0 Å². The highest BCUT2D eigenvalue weighted by atomic mass is 35.5. The highest BCUT2D eigenvalue weighted by molar-refractivity contribution is 6.35. The molecule has 0 saturated carbocycles. The van der Waals surface area contributed by atoms with E-state index in [1.807, 2.05) is 6.07 Å². The molecule has 0 aliphatic heterocycles. The first-order valence-corrected chi connectivity index (χ1v) is 6.54. The molecule has 7 heteroatoms. The summed E-state index contributed by atoms with van der Waals surface area (Å²) in [5.41, 5.74) is 0.969. The standard InChI is InChI=1S/C12H16Cl2N2O3/c13-9-2-1-8(11(14)5-9)3-4-15-6-10(17)7-16-12(18)19/h1-2,5,10,15-17H,3-4,6-7H2,(H,18,19). The van der Waals surface area contributed by atoms with E-state index in [4.69, 9.17) is 28.3 Å². The number of aliphatic hydroxyl groups is 1. The van der Waals surface area contributed by atoms with Crippen LogP contribution in [0.2, 0.25) is 10.0 Å². The minimum absolute atomic E-state index is 0.00400. The van der Waals surface area contributed by atoms with Crippen molar-refractivity contribution in [3.63, 3.8) is 0 Å². The fourth-order valence-corrected chi connectivity index (χ4v) is 2.00. The van der Waals surface area contributed by atoms with Crippen LogP contribution in [0.15, 0.2) is 18.2 Å². The molecule has 1 amide bonds. The summed E-state index contributed by atoms with van der Waals surface area (Å²) in [4.78, 5) is 10.2. The molecule has 0 bridgehead atoms. The largest absolute Gasteiger partial charge is 0.465 e. The number of halogens is 2. The van der Waals surface area contributed by atoms with Gasteiger partial charge in [0.2, 0.25) is 0 Å². The van der Waals surface area contributed by atoms with Crippen LogP contribution in [0.4, 0.5) is 4.79 Å². The minimum Gasteiger partial charge on any atom is -0.465 e. The molecule has 106 valence electrons. The van der Waals surface area contributed by atoms with E-state index in [-0.39, 0.29) is 6.54 Å². The van der Waals surface area contributed by atoms with Gasteiger partial charge in [-0.25, -0.2) is 4.79 Å². The third-order valence-corrected chi connectivity index (χ3v) is 3.04. The van der Waals surface area contributed by atoms with Crippen LogP contribution in [0.1, 0.15) is 5.56 Å². The number of hydrogen-bond acceptors (Lipinski definition) is 3. The van der Waals surface area contributed by atoms with Crippen LogP contribution in [0.25, 0.3) is 0 Å². The number of aliphatic hydroxyl groups excluding tert-OH is 1. The van der Waals surface area contributed by atoms with E-state index in [0.29, 0.717) is 29.6 Å². The molecule has 1 rings (SSSR count). The van der Waals surface area contributed by atoms with Crippen LogP contribution in [0, 0.1) is 0 Å². The highest BCUT2D eigenvalue weighted by Gasteiger charge is 2.05. The average Bonchev–Trinajstić information content (AvgIpc) is 2.34. The van der Waals surface area contributed by atoms with Crippen molar-refractivity contribution in [2.45, 2.75) is 12.5 Å². The molecule has 1 aromatic carbocycles. The van der Waals surface area contributed by atoms with Gasteiger partial charge in [0.25, 0.3) is 0 Å². The second-order valence-electron chi connectivity index (χ2n) is 4.03. The van der Waals surface area contributed by atoms with Crippen molar-refractivity contribution >= 4 is 29.3 Å². The van der Waals surface area contributed by atoms with Crippen molar-refractivity contribution < 1.29 is 15.0 Å². The van der Waals surface area contributed by atoms with Crippen LogP contribution in [0.5, 0.6) is 0 Å². The summed E-state index contributed by atoms with van der Waals surface area (Å²) in [5, 5.41) is 24.2. The third kappa shape index (κ3) is 6.63. The Morgan fingerprint density at radius 1 is 1.32 bits per heavy atom. The molecule has 1 atom stereocenters. The maximum Gasteiger partial charge on any atom is 0.404 e. The van der Waals surface area contributed by atoms with Crippen LogP contribution >= 0.6 is 23.2 Å². The zero-order valence-corrected chi connectivity index (χ0v) is 11.7. The summed E-state index contributed by atoms with van der Waals surface area (Å²) < 4.78 is 0. The van der Waals surface area contributed by atoms with Gasteiger partial charge in [-0.3, -0.25) is 0 Å². The Hall–Kier alpha value is -1.01. The average molecular weight is 307 g/mol. The SMILES string of the molecule is O=C(O)NCC(O)CNCCc1ccc(Cl)cc1Cl. The van der Waals surface area contributed by atoms with E-state index >= 15 is 0 Å². The molecule has 4 N–H and O–H groups in total. The van der Waals surface area contributed by atoms with E-state index in [0.717, 1.165) is 5.56 Å². The Kier molecular flexibility index (Phi) is 6.94. The van der Waals surface area contributed by atoms with Gasteiger partial charge >= 0.3 is 6.09 Å². The first kappa shape index (κ1) is 16.0. The molecule has 0 radical (unpaired) electrons. The lowest BCUT2D eigenvalue weighted by Crippen LogP contribution is -2.38. The van der Waals surface area contributed by atoms with E-state index in [1.54, 1.807) is 12.1 Å². The molecule has 1 aromatic rings. The number of carboxylic acid groups (broad SMARTS) is 1. The van der Waals surface area contributed by atoms with Gasteiger partial charge in [-0.05, 0) is 30.7 Å². The van der Waals surface area contributed by atoms with E-state index < -0.39 is 12.2 Å². The van der Waals surface area contributed by atoms with E-state index in [2.05, 4.69) is 10.6 Å². The number of nitrogens with one attached hydrogen (secondary N) is 2. The summed E-state index contributed by atoms with van der Waals surface area (Å²) in [7, 11) is 0. The highest BCUT2D eigenvalue weighted by Crippen LogP contribution is 2.20. The lowest BCUT2D eigenvalue weighted by Gasteiger charge is -2.12. The van der Waals surface area contributed by atoms with E-state index in [9.17, 15) is 9.90 Å². The van der Waals surface area contributed by atoms with Gasteiger partial charge in [-0.2, -0.15) is 0 Å². The number of rotatable bonds is 7. The Morgan fingerprint density at radius 2 is 2.05 bits per heavy atom. The van der Waals surface area contributed by atoms with Crippen LogP contribution in [-0.2, 0) is 6.42 Å². The topological polar surface area (TPSA) is 81.6 Å². The number of carbonyl (C=O) groups is 1. The van der Waals surface area contributed by atoms with Gasteiger partial charge in [0.1, 0.15) is 0 Å². The second kappa shape index (κ2) is 8.22. The van der Waals surface area contributed by atoms with E-state index in [1.165, 1.54) is 0 Å². The monoisotopic (exact) mass is 306 g/mol. The van der Waals surface area contributed by atoms with Crippen molar-refractivity contribution in [1.82, 2.24) is 10.6 Å². The number of benzene rings is 1. The van der Waals surface area contributed by atoms with Crippen LogP contribution in [0.3, 0.4) is 0 Å². The predicted molar refractivity (Wildman–Crippen MR) is 75.1 cm³/mol. The second-order valence-corrected chi connectivity index (χ2v) is 4.87. The first-order chi connectivity index (χ1) is 8.99. The lowest BCUT2D eigenvalue weighted by atomic mass is 10.1. The Morgan fingerprint density at radius 3 is 2.68 bits per heavy atom. The zero-order valence-electron chi connectivity index (χ0n) is 10.2. The first-order valence-electron chi connectivity index (χ1n) is 5.78. The summed E-state index contributed by atoms with van der Waals surface area (Å²) in [6, 6.07) is 5.31. The van der Waals surface area contributed by atoms with Crippen molar-refractivity contribution in [2.24, 2.45) is 0 Å². The molecule has 5 nitrogen and oxygen atoms in total. The maximum atomic E-state index is 10.2. The molecule has 0 fully saturated rings.